The number of pyridine rings is 1. The van der Waals surface area contributed by atoms with E-state index >= 15 is 0 Å². The lowest BCUT2D eigenvalue weighted by atomic mass is 9.92. The van der Waals surface area contributed by atoms with Crippen LogP contribution in [0.15, 0.2) is 24.7 Å². The summed E-state index contributed by atoms with van der Waals surface area (Å²) < 4.78 is 1.03. The molecule has 25 heavy (non-hydrogen) atoms. The van der Waals surface area contributed by atoms with Crippen molar-refractivity contribution >= 4 is 44.1 Å². The van der Waals surface area contributed by atoms with E-state index in [1.165, 1.54) is 12.7 Å². The molecule has 2 atom stereocenters. The van der Waals surface area contributed by atoms with Gasteiger partial charge in [-0.15, -0.1) is 0 Å². The average molecular weight is 355 g/mol. The molecule has 1 aliphatic heterocycles. The van der Waals surface area contributed by atoms with Crippen molar-refractivity contribution in [3.63, 3.8) is 0 Å². The standard InChI is InChI=1S/C17H21N7S/c1-10-5-11(2)8-24(7-10)17-22-12-3-4-19-16(15(12)25-17)23-14-6-13(18)20-9-21-14/h3-4,6,9-11H,5,7-8H2,1-2H3,(H3,18,19,20,21,23). The van der Waals surface area contributed by atoms with Gasteiger partial charge >= 0.3 is 0 Å². The monoisotopic (exact) mass is 355 g/mol. The molecule has 1 fully saturated rings. The second-order valence-electron chi connectivity index (χ2n) is 6.81. The van der Waals surface area contributed by atoms with Gasteiger partial charge < -0.3 is 16.0 Å². The summed E-state index contributed by atoms with van der Waals surface area (Å²) in [7, 11) is 0. The normalized spacial score (nSPS) is 20.8. The molecule has 0 spiro atoms. The van der Waals surface area contributed by atoms with Crippen molar-refractivity contribution in [3.8, 4) is 0 Å². The Morgan fingerprint density at radius 3 is 2.76 bits per heavy atom. The molecule has 1 aliphatic rings. The second-order valence-corrected chi connectivity index (χ2v) is 7.79. The first-order chi connectivity index (χ1) is 12.1. The molecule has 3 N–H and O–H groups in total. The minimum absolute atomic E-state index is 0.422. The van der Waals surface area contributed by atoms with Gasteiger partial charge in [-0.25, -0.2) is 19.9 Å². The van der Waals surface area contributed by atoms with Crippen LogP contribution in [0.3, 0.4) is 0 Å². The van der Waals surface area contributed by atoms with Crippen molar-refractivity contribution in [2.45, 2.75) is 20.3 Å². The molecular weight excluding hydrogens is 334 g/mol. The molecule has 0 aromatic carbocycles. The third-order valence-corrected chi connectivity index (χ3v) is 5.51. The highest BCUT2D eigenvalue weighted by atomic mass is 32.1. The molecular formula is C17H21N7S. The number of nitrogens with zero attached hydrogens (tertiary/aromatic N) is 5. The lowest BCUT2D eigenvalue weighted by Crippen LogP contribution is -2.38. The van der Waals surface area contributed by atoms with Gasteiger partial charge in [0.2, 0.25) is 0 Å². The van der Waals surface area contributed by atoms with Crippen LogP contribution < -0.4 is 16.0 Å². The van der Waals surface area contributed by atoms with E-state index in [0.717, 1.165) is 34.3 Å². The summed E-state index contributed by atoms with van der Waals surface area (Å²) in [6, 6.07) is 3.64. The SMILES string of the molecule is CC1CC(C)CN(c2nc3ccnc(Nc4cc(N)ncn4)c3s2)C1. The van der Waals surface area contributed by atoms with Crippen molar-refractivity contribution in [2.75, 3.05) is 29.0 Å². The summed E-state index contributed by atoms with van der Waals surface area (Å²) in [5.41, 5.74) is 6.67. The lowest BCUT2D eigenvalue weighted by molar-refractivity contribution is 0.357. The van der Waals surface area contributed by atoms with E-state index in [4.69, 9.17) is 10.7 Å². The highest BCUT2D eigenvalue weighted by molar-refractivity contribution is 7.22. The van der Waals surface area contributed by atoms with Gasteiger partial charge in [0.1, 0.15) is 18.0 Å². The number of hydrogen-bond acceptors (Lipinski definition) is 8. The van der Waals surface area contributed by atoms with Crippen LogP contribution in [0, 0.1) is 11.8 Å². The van der Waals surface area contributed by atoms with E-state index in [9.17, 15) is 0 Å². The van der Waals surface area contributed by atoms with Crippen LogP contribution in [0.4, 0.5) is 22.6 Å². The smallest absolute Gasteiger partial charge is 0.186 e. The van der Waals surface area contributed by atoms with E-state index in [1.54, 1.807) is 23.6 Å². The molecule has 3 aromatic heterocycles. The van der Waals surface area contributed by atoms with Crippen molar-refractivity contribution < 1.29 is 0 Å². The van der Waals surface area contributed by atoms with Crippen LogP contribution in [-0.2, 0) is 0 Å². The number of nitrogen functional groups attached to an aromatic ring is 1. The van der Waals surface area contributed by atoms with Gasteiger partial charge in [-0.05, 0) is 24.3 Å². The Kier molecular flexibility index (Phi) is 4.12. The van der Waals surface area contributed by atoms with Gasteiger partial charge in [0.15, 0.2) is 10.9 Å². The molecule has 0 bridgehead atoms. The molecule has 0 aliphatic carbocycles. The molecule has 3 aromatic rings. The molecule has 7 nitrogen and oxygen atoms in total. The predicted molar refractivity (Wildman–Crippen MR) is 102 cm³/mol. The van der Waals surface area contributed by atoms with Gasteiger partial charge in [-0.3, -0.25) is 0 Å². The maximum absolute atomic E-state index is 5.72. The molecule has 2 unspecified atom stereocenters. The first-order valence-electron chi connectivity index (χ1n) is 8.43. The average Bonchev–Trinajstić information content (AvgIpc) is 2.99. The molecule has 8 heteroatoms. The Labute approximate surface area is 150 Å². The first-order valence-corrected chi connectivity index (χ1v) is 9.25. The van der Waals surface area contributed by atoms with E-state index in [2.05, 4.69) is 39.0 Å². The fraction of sp³-hybridized carbons (Fsp3) is 0.412. The van der Waals surface area contributed by atoms with Crippen molar-refractivity contribution in [2.24, 2.45) is 11.8 Å². The van der Waals surface area contributed by atoms with E-state index in [-0.39, 0.29) is 0 Å². The number of nitrogens with two attached hydrogens (primary N) is 1. The predicted octanol–water partition coefficient (Wildman–Crippen LogP) is 3.29. The number of nitrogens with one attached hydrogen (secondary N) is 1. The molecule has 0 radical (unpaired) electrons. The van der Waals surface area contributed by atoms with Gasteiger partial charge in [0.05, 0.1) is 10.2 Å². The number of fused-ring (bicyclic) bond motifs is 1. The summed E-state index contributed by atoms with van der Waals surface area (Å²) in [5, 5.41) is 4.29. The Hall–Kier alpha value is -2.48. The number of anilines is 4. The Bertz CT molecular complexity index is 884. The van der Waals surface area contributed by atoms with Crippen LogP contribution in [0.25, 0.3) is 10.2 Å². The zero-order valence-corrected chi connectivity index (χ0v) is 15.1. The Balaban J connectivity index is 1.66. The fourth-order valence-electron chi connectivity index (χ4n) is 3.45. The quantitative estimate of drug-likeness (QED) is 0.744. The number of aromatic nitrogens is 4. The van der Waals surface area contributed by atoms with E-state index in [0.29, 0.717) is 23.5 Å². The topological polar surface area (TPSA) is 92.9 Å². The molecule has 4 rings (SSSR count). The minimum Gasteiger partial charge on any atom is -0.384 e. The summed E-state index contributed by atoms with van der Waals surface area (Å²) in [6.07, 6.45) is 4.48. The van der Waals surface area contributed by atoms with Crippen LogP contribution in [0.2, 0.25) is 0 Å². The summed E-state index contributed by atoms with van der Waals surface area (Å²) in [4.78, 5) is 19.8. The van der Waals surface area contributed by atoms with Gasteiger partial charge in [0.25, 0.3) is 0 Å². The molecule has 0 amide bonds. The Morgan fingerprint density at radius 2 is 2.00 bits per heavy atom. The van der Waals surface area contributed by atoms with Crippen molar-refractivity contribution in [3.05, 3.63) is 24.7 Å². The van der Waals surface area contributed by atoms with E-state index < -0.39 is 0 Å². The van der Waals surface area contributed by atoms with Gasteiger partial charge in [0, 0.05) is 25.4 Å². The summed E-state index contributed by atoms with van der Waals surface area (Å²) >= 11 is 1.67. The number of piperidine rings is 1. The third kappa shape index (κ3) is 3.34. The second kappa shape index (κ2) is 6.44. The van der Waals surface area contributed by atoms with Gasteiger partial charge in [-0.2, -0.15) is 0 Å². The minimum atomic E-state index is 0.422. The van der Waals surface area contributed by atoms with Crippen LogP contribution in [-0.4, -0.2) is 33.0 Å². The third-order valence-electron chi connectivity index (χ3n) is 4.37. The van der Waals surface area contributed by atoms with Crippen molar-refractivity contribution in [1.82, 2.24) is 19.9 Å². The number of thiazole rings is 1. The maximum Gasteiger partial charge on any atom is 0.186 e. The number of hydrogen-bond donors (Lipinski definition) is 2. The van der Waals surface area contributed by atoms with Crippen LogP contribution >= 0.6 is 11.3 Å². The van der Waals surface area contributed by atoms with Gasteiger partial charge in [-0.1, -0.05) is 25.2 Å². The molecule has 130 valence electrons. The maximum atomic E-state index is 5.72. The largest absolute Gasteiger partial charge is 0.384 e. The van der Waals surface area contributed by atoms with Crippen molar-refractivity contribution in [1.29, 1.82) is 0 Å². The fourth-order valence-corrected chi connectivity index (χ4v) is 4.47. The van der Waals surface area contributed by atoms with Crippen LogP contribution in [0.5, 0.6) is 0 Å². The molecule has 1 saturated heterocycles. The van der Waals surface area contributed by atoms with Crippen LogP contribution in [0.1, 0.15) is 20.3 Å². The number of rotatable bonds is 3. The zero-order valence-electron chi connectivity index (χ0n) is 14.3. The first kappa shape index (κ1) is 16.0. The Morgan fingerprint density at radius 1 is 1.20 bits per heavy atom. The lowest BCUT2D eigenvalue weighted by Gasteiger charge is -2.34. The zero-order chi connectivity index (χ0) is 17.4. The highest BCUT2D eigenvalue weighted by Gasteiger charge is 2.24. The highest BCUT2D eigenvalue weighted by Crippen LogP contribution is 2.36. The summed E-state index contributed by atoms with van der Waals surface area (Å²) in [6.45, 7) is 6.74. The molecule has 0 saturated carbocycles. The summed E-state index contributed by atoms with van der Waals surface area (Å²) in [5.74, 6) is 3.18. The van der Waals surface area contributed by atoms with E-state index in [1.807, 2.05) is 6.07 Å². The molecule has 4 heterocycles.